The molecule has 0 bridgehead atoms. The number of hydrogen-bond acceptors (Lipinski definition) is 7. The van der Waals surface area contributed by atoms with Gasteiger partial charge in [-0.05, 0) is 48.9 Å². The minimum Gasteiger partial charge on any atom is -0.493 e. The van der Waals surface area contributed by atoms with Crippen LogP contribution in [0.2, 0.25) is 0 Å². The van der Waals surface area contributed by atoms with Crippen molar-refractivity contribution in [1.82, 2.24) is 20.6 Å². The third-order valence-corrected chi connectivity index (χ3v) is 7.78. The number of hydrogen-bond donors (Lipinski definition) is 4. The molecule has 2 heterocycles. The van der Waals surface area contributed by atoms with E-state index in [0.717, 1.165) is 31.2 Å². The lowest BCUT2D eigenvalue weighted by Gasteiger charge is -2.29. The van der Waals surface area contributed by atoms with Gasteiger partial charge in [-0.1, -0.05) is 74.6 Å². The number of aliphatic hydroxyl groups is 1. The summed E-state index contributed by atoms with van der Waals surface area (Å²) in [6.07, 6.45) is 7.01. The summed E-state index contributed by atoms with van der Waals surface area (Å²) in [5.41, 5.74) is 2.50. The minimum atomic E-state index is -1.19. The highest BCUT2D eigenvalue weighted by atomic mass is 16.4. The lowest BCUT2D eigenvalue weighted by molar-refractivity contribution is -0.125. The summed E-state index contributed by atoms with van der Waals surface area (Å²) in [6.45, 7) is 0. The van der Waals surface area contributed by atoms with E-state index in [4.69, 9.17) is 4.42 Å². The molecule has 0 spiro atoms. The Morgan fingerprint density at radius 1 is 0.951 bits per heavy atom. The van der Waals surface area contributed by atoms with E-state index in [1.807, 2.05) is 42.5 Å². The average Bonchev–Trinajstić information content (AvgIpc) is 3.44. The molecule has 0 aliphatic heterocycles. The van der Waals surface area contributed by atoms with Crippen LogP contribution in [0.15, 0.2) is 77.3 Å². The van der Waals surface area contributed by atoms with E-state index in [0.29, 0.717) is 36.3 Å². The van der Waals surface area contributed by atoms with Crippen molar-refractivity contribution in [3.63, 3.8) is 0 Å². The fourth-order valence-electron chi connectivity index (χ4n) is 5.50. The molecule has 9 nitrogen and oxygen atoms in total. The number of carbonyl (C=O) groups is 2. The zero-order valence-corrected chi connectivity index (χ0v) is 22.9. The number of aliphatic hydroxyl groups excluding tert-OH is 1. The smallest absolute Gasteiger partial charge is 0.253 e. The van der Waals surface area contributed by atoms with Crippen molar-refractivity contribution in [1.29, 1.82) is 0 Å². The zero-order valence-electron chi connectivity index (χ0n) is 22.9. The highest BCUT2D eigenvalue weighted by molar-refractivity contribution is 5.97. The van der Waals surface area contributed by atoms with Crippen molar-refractivity contribution < 1.29 is 24.2 Å². The number of amides is 2. The second kappa shape index (κ2) is 13.4. The predicted octanol–water partition coefficient (Wildman–Crippen LogP) is 4.85. The number of oxazole rings is 1. The summed E-state index contributed by atoms with van der Waals surface area (Å²) < 4.78 is 5.85. The van der Waals surface area contributed by atoms with Crippen molar-refractivity contribution in [2.75, 3.05) is 0 Å². The molecule has 2 amide bonds. The molecule has 3 atom stereocenters. The van der Waals surface area contributed by atoms with Gasteiger partial charge in [0.15, 0.2) is 11.7 Å². The van der Waals surface area contributed by atoms with Crippen LogP contribution in [0.1, 0.15) is 72.9 Å². The Kier molecular flexibility index (Phi) is 9.26. The van der Waals surface area contributed by atoms with Crippen LogP contribution in [-0.4, -0.2) is 44.1 Å². The maximum absolute atomic E-state index is 13.8. The molecule has 1 fully saturated rings. The molecule has 0 saturated heterocycles. The van der Waals surface area contributed by atoms with Gasteiger partial charge in [0.2, 0.25) is 17.7 Å². The van der Waals surface area contributed by atoms with Crippen LogP contribution in [0.4, 0.5) is 0 Å². The Hall–Kier alpha value is -4.24. The molecule has 1 aliphatic rings. The van der Waals surface area contributed by atoms with Crippen LogP contribution in [0.25, 0.3) is 11.1 Å². The number of pyridine rings is 1. The van der Waals surface area contributed by atoms with Crippen LogP contribution in [0.3, 0.4) is 0 Å². The largest absolute Gasteiger partial charge is 0.493 e. The monoisotopic (exact) mass is 556 g/mol. The molecular weight excluding hydrogens is 520 g/mol. The molecule has 5 rings (SSSR count). The second-order valence-corrected chi connectivity index (χ2v) is 10.8. The predicted molar refractivity (Wildman–Crippen MR) is 154 cm³/mol. The Morgan fingerprint density at radius 3 is 2.44 bits per heavy atom. The fraction of sp³-hybridized carbons (Fsp3) is 0.375. The van der Waals surface area contributed by atoms with E-state index in [1.54, 1.807) is 12.1 Å². The number of nitrogens with one attached hydrogen (secondary N) is 2. The van der Waals surface area contributed by atoms with E-state index in [1.165, 1.54) is 24.8 Å². The fourth-order valence-corrected chi connectivity index (χ4v) is 5.50. The summed E-state index contributed by atoms with van der Waals surface area (Å²) in [5, 5.41) is 26.8. The number of aromatic nitrogens is 2. The van der Waals surface area contributed by atoms with E-state index in [2.05, 4.69) is 20.6 Å². The molecule has 1 aliphatic carbocycles. The van der Waals surface area contributed by atoms with Crippen molar-refractivity contribution in [2.24, 2.45) is 5.92 Å². The van der Waals surface area contributed by atoms with Crippen molar-refractivity contribution >= 4 is 22.9 Å². The number of aromatic hydroxyl groups is 1. The van der Waals surface area contributed by atoms with Gasteiger partial charge in [-0.25, -0.2) is 9.97 Å². The summed E-state index contributed by atoms with van der Waals surface area (Å²) >= 11 is 0. The van der Waals surface area contributed by atoms with Crippen molar-refractivity contribution in [3.8, 4) is 5.88 Å². The normalized spacial score (nSPS) is 16.1. The Morgan fingerprint density at radius 2 is 1.71 bits per heavy atom. The first kappa shape index (κ1) is 28.3. The summed E-state index contributed by atoms with van der Waals surface area (Å²) in [6, 6.07) is 18.4. The molecule has 2 aromatic heterocycles. The zero-order chi connectivity index (χ0) is 28.6. The molecule has 4 aromatic rings. The topological polar surface area (TPSA) is 138 Å². The lowest BCUT2D eigenvalue weighted by Crippen LogP contribution is -2.52. The summed E-state index contributed by atoms with van der Waals surface area (Å²) in [5.74, 6) is -0.569. The van der Waals surface area contributed by atoms with Gasteiger partial charge in [-0.2, -0.15) is 0 Å². The van der Waals surface area contributed by atoms with E-state index < -0.39 is 24.1 Å². The molecule has 2 aromatic carbocycles. The molecular formula is C32H36N4O5. The van der Waals surface area contributed by atoms with Gasteiger partial charge in [0.1, 0.15) is 11.6 Å². The molecule has 9 heteroatoms. The first-order valence-electron chi connectivity index (χ1n) is 14.3. The summed E-state index contributed by atoms with van der Waals surface area (Å²) in [7, 11) is 0. The van der Waals surface area contributed by atoms with Crippen LogP contribution < -0.4 is 10.6 Å². The molecule has 41 heavy (non-hydrogen) atoms. The maximum atomic E-state index is 13.8. The summed E-state index contributed by atoms with van der Waals surface area (Å²) in [4.78, 5) is 35.2. The van der Waals surface area contributed by atoms with Crippen molar-refractivity contribution in [2.45, 2.75) is 69.6 Å². The Labute approximate surface area is 239 Å². The third kappa shape index (κ3) is 7.49. The van der Waals surface area contributed by atoms with Gasteiger partial charge >= 0.3 is 0 Å². The van der Waals surface area contributed by atoms with Gasteiger partial charge in [-0.15, -0.1) is 0 Å². The molecule has 4 N–H and O–H groups in total. The van der Waals surface area contributed by atoms with Crippen LogP contribution in [0.5, 0.6) is 5.88 Å². The number of fused-ring (bicyclic) bond motifs is 1. The molecule has 1 saturated carbocycles. The Bertz CT molecular complexity index is 1400. The van der Waals surface area contributed by atoms with Gasteiger partial charge < -0.3 is 25.3 Å². The molecule has 0 radical (unpaired) electrons. The van der Waals surface area contributed by atoms with Crippen LogP contribution in [-0.2, 0) is 11.2 Å². The number of rotatable bonds is 11. The van der Waals surface area contributed by atoms with Gasteiger partial charge in [0, 0.05) is 12.3 Å². The van der Waals surface area contributed by atoms with Crippen molar-refractivity contribution in [3.05, 3.63) is 89.9 Å². The number of aryl methyl sites for hydroxylation is 1. The van der Waals surface area contributed by atoms with Crippen LogP contribution >= 0.6 is 0 Å². The highest BCUT2D eigenvalue weighted by Crippen LogP contribution is 2.28. The van der Waals surface area contributed by atoms with Gasteiger partial charge in [0.05, 0.1) is 11.6 Å². The number of carbonyl (C=O) groups excluding carboxylic acids is 2. The quantitative estimate of drug-likeness (QED) is 0.207. The molecule has 1 unspecified atom stereocenters. The van der Waals surface area contributed by atoms with Crippen LogP contribution in [0, 0.1) is 5.92 Å². The number of para-hydroxylation sites is 2. The average molecular weight is 557 g/mol. The number of benzene rings is 2. The van der Waals surface area contributed by atoms with E-state index in [-0.39, 0.29) is 23.2 Å². The van der Waals surface area contributed by atoms with E-state index in [9.17, 15) is 19.8 Å². The third-order valence-electron chi connectivity index (χ3n) is 7.78. The standard InChI is InChI=1S/C32H36N4O5/c37-28-18-16-23(20-33-28)30(39)35-26(19-22-11-5-2-6-12-22)31(40)34-25(17-15-21-9-3-1-4-10-21)29(38)32-36-24-13-7-8-14-27(24)41-32/h1,3-4,7-10,13-14,16,18,20,22,25-26,29,38H,2,5-6,11-12,15,17,19H2,(H,33,37)(H,34,40)(H,35,39)/t25-,26-,29?/m0/s1. The lowest BCUT2D eigenvalue weighted by atomic mass is 9.84. The minimum absolute atomic E-state index is 0.132. The molecule has 214 valence electrons. The maximum Gasteiger partial charge on any atom is 0.253 e. The Balaban J connectivity index is 1.36. The highest BCUT2D eigenvalue weighted by Gasteiger charge is 2.32. The van der Waals surface area contributed by atoms with Gasteiger partial charge in [0.25, 0.3) is 5.91 Å². The second-order valence-electron chi connectivity index (χ2n) is 10.8. The van der Waals surface area contributed by atoms with Gasteiger partial charge in [-0.3, -0.25) is 9.59 Å². The SMILES string of the molecule is O=C(N[C@@H](CC1CCCCC1)C(=O)N[C@@H](CCc1ccccc1)C(O)c1nc2ccccc2o1)c1ccc(O)nc1. The first-order valence-corrected chi connectivity index (χ1v) is 14.3. The van der Waals surface area contributed by atoms with E-state index >= 15 is 0 Å². The first-order chi connectivity index (χ1) is 20.0. The number of nitrogens with zero attached hydrogens (tertiary/aromatic N) is 2.